The van der Waals surface area contributed by atoms with Crippen molar-refractivity contribution in [3.05, 3.63) is 23.9 Å². The van der Waals surface area contributed by atoms with E-state index in [4.69, 9.17) is 4.74 Å². The number of aromatic nitrogens is 1. The van der Waals surface area contributed by atoms with Gasteiger partial charge in [-0.1, -0.05) is 0 Å². The SMILES string of the molecule is CCOC(=O)c1ccc(NCCC(F)(F)F)nc1. The van der Waals surface area contributed by atoms with E-state index < -0.39 is 18.6 Å². The van der Waals surface area contributed by atoms with Crippen LogP contribution in [0.4, 0.5) is 19.0 Å². The Morgan fingerprint density at radius 1 is 1.44 bits per heavy atom. The van der Waals surface area contributed by atoms with Crippen molar-refractivity contribution in [2.75, 3.05) is 18.5 Å². The van der Waals surface area contributed by atoms with Crippen molar-refractivity contribution in [1.29, 1.82) is 0 Å². The summed E-state index contributed by atoms with van der Waals surface area (Å²) in [5.41, 5.74) is 0.262. The Kier molecular flexibility index (Phi) is 4.94. The zero-order valence-electron chi connectivity index (χ0n) is 9.75. The second-order valence-corrected chi connectivity index (χ2v) is 3.44. The Labute approximate surface area is 102 Å². The highest BCUT2D eigenvalue weighted by molar-refractivity contribution is 5.89. The number of anilines is 1. The summed E-state index contributed by atoms with van der Waals surface area (Å²) in [5.74, 6) is -0.223. The molecular weight excluding hydrogens is 249 g/mol. The first kappa shape index (κ1) is 14.3. The molecule has 0 saturated carbocycles. The molecule has 100 valence electrons. The Morgan fingerprint density at radius 2 is 2.17 bits per heavy atom. The lowest BCUT2D eigenvalue weighted by Crippen LogP contribution is -2.15. The molecule has 0 aromatic carbocycles. The minimum atomic E-state index is -4.20. The quantitative estimate of drug-likeness (QED) is 0.829. The van der Waals surface area contributed by atoms with Gasteiger partial charge in [-0.3, -0.25) is 0 Å². The first-order valence-corrected chi connectivity index (χ1v) is 5.36. The van der Waals surface area contributed by atoms with E-state index in [-0.39, 0.29) is 24.5 Å². The van der Waals surface area contributed by atoms with Gasteiger partial charge >= 0.3 is 12.1 Å². The van der Waals surface area contributed by atoms with E-state index in [0.717, 1.165) is 0 Å². The third kappa shape index (κ3) is 5.03. The smallest absolute Gasteiger partial charge is 0.390 e. The minimum Gasteiger partial charge on any atom is -0.462 e. The third-order valence-corrected chi connectivity index (χ3v) is 1.99. The summed E-state index contributed by atoms with van der Waals surface area (Å²) in [4.78, 5) is 15.1. The number of ether oxygens (including phenoxy) is 1. The fourth-order valence-electron chi connectivity index (χ4n) is 1.17. The van der Waals surface area contributed by atoms with Crippen molar-refractivity contribution in [1.82, 2.24) is 4.98 Å². The van der Waals surface area contributed by atoms with Gasteiger partial charge in [0.2, 0.25) is 0 Å². The van der Waals surface area contributed by atoms with E-state index in [9.17, 15) is 18.0 Å². The number of pyridine rings is 1. The zero-order chi connectivity index (χ0) is 13.6. The molecule has 0 atom stereocenters. The first-order valence-electron chi connectivity index (χ1n) is 5.36. The number of carbonyl (C=O) groups excluding carboxylic acids is 1. The van der Waals surface area contributed by atoms with Gasteiger partial charge in [0, 0.05) is 12.7 Å². The summed E-state index contributed by atoms with van der Waals surface area (Å²) in [6.45, 7) is 1.68. The second kappa shape index (κ2) is 6.23. The van der Waals surface area contributed by atoms with Gasteiger partial charge < -0.3 is 10.1 Å². The van der Waals surface area contributed by atoms with E-state index >= 15 is 0 Å². The van der Waals surface area contributed by atoms with Crippen molar-refractivity contribution in [3.8, 4) is 0 Å². The monoisotopic (exact) mass is 262 g/mol. The van der Waals surface area contributed by atoms with Crippen LogP contribution in [0.5, 0.6) is 0 Å². The maximum absolute atomic E-state index is 11.9. The van der Waals surface area contributed by atoms with E-state index in [1.807, 2.05) is 0 Å². The van der Waals surface area contributed by atoms with E-state index in [2.05, 4.69) is 10.3 Å². The van der Waals surface area contributed by atoms with Crippen LogP contribution in [0.25, 0.3) is 0 Å². The predicted octanol–water partition coefficient (Wildman–Crippen LogP) is 2.62. The van der Waals surface area contributed by atoms with Gasteiger partial charge in [0.05, 0.1) is 18.6 Å². The lowest BCUT2D eigenvalue weighted by Gasteiger charge is -2.08. The highest BCUT2D eigenvalue weighted by Gasteiger charge is 2.26. The Hall–Kier alpha value is -1.79. The standard InChI is InChI=1S/C11H13F3N2O2/c1-2-18-10(17)8-3-4-9(16-7-8)15-6-5-11(12,13)14/h3-4,7H,2,5-6H2,1H3,(H,15,16). The molecule has 0 radical (unpaired) electrons. The number of nitrogens with one attached hydrogen (secondary N) is 1. The van der Waals surface area contributed by atoms with Crippen LogP contribution in [0.3, 0.4) is 0 Å². The highest BCUT2D eigenvalue weighted by atomic mass is 19.4. The maximum atomic E-state index is 11.9. The number of hydrogen-bond acceptors (Lipinski definition) is 4. The molecule has 1 N–H and O–H groups in total. The van der Waals surface area contributed by atoms with Gasteiger partial charge in [-0.25, -0.2) is 9.78 Å². The van der Waals surface area contributed by atoms with Crippen LogP contribution in [-0.2, 0) is 4.74 Å². The summed E-state index contributed by atoms with van der Waals surface area (Å²) in [6, 6.07) is 2.88. The van der Waals surface area contributed by atoms with E-state index in [0.29, 0.717) is 0 Å². The molecule has 0 amide bonds. The van der Waals surface area contributed by atoms with Crippen molar-refractivity contribution >= 4 is 11.8 Å². The molecule has 1 rings (SSSR count). The molecule has 0 aliphatic heterocycles. The minimum absolute atomic E-state index is 0.254. The molecule has 0 bridgehead atoms. The van der Waals surface area contributed by atoms with Crippen LogP contribution in [-0.4, -0.2) is 30.3 Å². The Balaban J connectivity index is 2.48. The number of halogens is 3. The van der Waals surface area contributed by atoms with Gasteiger partial charge in [-0.2, -0.15) is 13.2 Å². The van der Waals surface area contributed by atoms with E-state index in [1.54, 1.807) is 6.92 Å². The Morgan fingerprint density at radius 3 is 2.67 bits per heavy atom. The van der Waals surface area contributed by atoms with Crippen LogP contribution in [0.15, 0.2) is 18.3 Å². The van der Waals surface area contributed by atoms with E-state index in [1.165, 1.54) is 18.3 Å². The van der Waals surface area contributed by atoms with Gasteiger partial charge in [0.1, 0.15) is 5.82 Å². The van der Waals surface area contributed by atoms with Gasteiger partial charge in [-0.05, 0) is 19.1 Å². The van der Waals surface area contributed by atoms with Crippen LogP contribution >= 0.6 is 0 Å². The van der Waals surface area contributed by atoms with Crippen molar-refractivity contribution in [3.63, 3.8) is 0 Å². The zero-order valence-corrected chi connectivity index (χ0v) is 9.75. The fourth-order valence-corrected chi connectivity index (χ4v) is 1.17. The lowest BCUT2D eigenvalue weighted by molar-refractivity contribution is -0.131. The van der Waals surface area contributed by atoms with Crippen molar-refractivity contribution < 1.29 is 22.7 Å². The molecule has 4 nitrogen and oxygen atoms in total. The maximum Gasteiger partial charge on any atom is 0.390 e. The molecule has 0 unspecified atom stereocenters. The third-order valence-electron chi connectivity index (χ3n) is 1.99. The fraction of sp³-hybridized carbons (Fsp3) is 0.455. The predicted molar refractivity (Wildman–Crippen MR) is 59.4 cm³/mol. The molecule has 1 heterocycles. The number of carbonyl (C=O) groups is 1. The molecule has 0 fully saturated rings. The topological polar surface area (TPSA) is 51.2 Å². The lowest BCUT2D eigenvalue weighted by atomic mass is 10.3. The second-order valence-electron chi connectivity index (χ2n) is 3.44. The summed E-state index contributed by atoms with van der Waals surface area (Å²) in [6.07, 6.45) is -3.87. The van der Waals surface area contributed by atoms with Crippen molar-refractivity contribution in [2.45, 2.75) is 19.5 Å². The van der Waals surface area contributed by atoms with Crippen LogP contribution in [0.2, 0.25) is 0 Å². The normalized spacial score (nSPS) is 11.1. The summed E-state index contributed by atoms with van der Waals surface area (Å²) in [5, 5.41) is 2.52. The van der Waals surface area contributed by atoms with Crippen LogP contribution in [0, 0.1) is 0 Å². The molecule has 1 aromatic heterocycles. The summed E-state index contributed by atoms with van der Waals surface area (Å²) < 4.78 is 40.4. The molecule has 0 aliphatic carbocycles. The Bertz CT molecular complexity index is 390. The number of alkyl halides is 3. The largest absolute Gasteiger partial charge is 0.462 e. The first-order chi connectivity index (χ1) is 8.42. The molecule has 0 saturated heterocycles. The van der Waals surface area contributed by atoms with Gasteiger partial charge in [0.15, 0.2) is 0 Å². The average Bonchev–Trinajstić information content (AvgIpc) is 2.28. The molecule has 18 heavy (non-hydrogen) atoms. The van der Waals surface area contributed by atoms with Crippen molar-refractivity contribution in [2.24, 2.45) is 0 Å². The van der Waals surface area contributed by atoms with Crippen LogP contribution in [0.1, 0.15) is 23.7 Å². The summed E-state index contributed by atoms with van der Waals surface area (Å²) >= 11 is 0. The summed E-state index contributed by atoms with van der Waals surface area (Å²) in [7, 11) is 0. The molecule has 0 spiro atoms. The molecule has 1 aromatic rings. The van der Waals surface area contributed by atoms with Crippen LogP contribution < -0.4 is 5.32 Å². The van der Waals surface area contributed by atoms with Gasteiger partial charge in [-0.15, -0.1) is 0 Å². The molecule has 0 aliphatic rings. The number of hydrogen-bond donors (Lipinski definition) is 1. The molecule has 7 heteroatoms. The van der Waals surface area contributed by atoms with Gasteiger partial charge in [0.25, 0.3) is 0 Å². The average molecular weight is 262 g/mol. The number of esters is 1. The highest BCUT2D eigenvalue weighted by Crippen LogP contribution is 2.19. The number of rotatable bonds is 5. The number of nitrogens with zero attached hydrogens (tertiary/aromatic N) is 1. The molecular formula is C11H13F3N2O2.